The molecule has 0 heterocycles. The summed E-state index contributed by atoms with van der Waals surface area (Å²) in [7, 11) is 1.41. The molecule has 6 nitrogen and oxygen atoms in total. The van der Waals surface area contributed by atoms with Crippen LogP contribution in [0.15, 0.2) is 60.7 Å². The second-order valence-electron chi connectivity index (χ2n) is 6.26. The van der Waals surface area contributed by atoms with Gasteiger partial charge in [-0.25, -0.2) is 4.39 Å². The Bertz CT molecular complexity index is 1110. The molecule has 0 spiro atoms. The van der Waals surface area contributed by atoms with Crippen molar-refractivity contribution in [1.29, 1.82) is 0 Å². The third kappa shape index (κ3) is 5.87. The summed E-state index contributed by atoms with van der Waals surface area (Å²) in [6.07, 6.45) is 0. The van der Waals surface area contributed by atoms with E-state index in [1.807, 2.05) is 0 Å². The number of rotatable bonds is 7. The number of hydrogen-bond donors (Lipinski definition) is 2. The van der Waals surface area contributed by atoms with E-state index in [0.717, 1.165) is 0 Å². The van der Waals surface area contributed by atoms with Gasteiger partial charge in [-0.1, -0.05) is 29.3 Å². The normalized spacial score (nSPS) is 10.3. The monoisotopic (exact) mass is 462 g/mol. The van der Waals surface area contributed by atoms with E-state index in [-0.39, 0.29) is 28.7 Å². The molecule has 0 atom stereocenters. The van der Waals surface area contributed by atoms with Crippen LogP contribution in [-0.4, -0.2) is 25.5 Å². The van der Waals surface area contributed by atoms with Crippen LogP contribution in [0.3, 0.4) is 0 Å². The van der Waals surface area contributed by atoms with Gasteiger partial charge in [0, 0.05) is 11.3 Å². The van der Waals surface area contributed by atoms with Crippen LogP contribution in [0.1, 0.15) is 10.4 Å². The molecule has 2 N–H and O–H groups in total. The lowest BCUT2D eigenvalue weighted by molar-refractivity contribution is -0.118. The number of methoxy groups -OCH3 is 1. The maximum atomic E-state index is 12.9. The van der Waals surface area contributed by atoms with Crippen molar-refractivity contribution in [3.8, 4) is 11.5 Å². The smallest absolute Gasteiger partial charge is 0.262 e. The SMILES string of the molecule is COc1cc(C(=O)Nc2cccc(Cl)c2Cl)ccc1OCC(=O)Nc1ccc(F)cc1. The van der Waals surface area contributed by atoms with E-state index < -0.39 is 17.6 Å². The lowest BCUT2D eigenvalue weighted by Crippen LogP contribution is -2.20. The molecule has 0 aliphatic rings. The number of amides is 2. The van der Waals surface area contributed by atoms with Crippen molar-refractivity contribution >= 4 is 46.4 Å². The van der Waals surface area contributed by atoms with Crippen molar-refractivity contribution in [1.82, 2.24) is 0 Å². The quantitative estimate of drug-likeness (QED) is 0.491. The Morgan fingerprint density at radius 1 is 0.968 bits per heavy atom. The first-order valence-corrected chi connectivity index (χ1v) is 9.74. The van der Waals surface area contributed by atoms with Gasteiger partial charge in [0.05, 0.1) is 22.8 Å². The minimum Gasteiger partial charge on any atom is -0.493 e. The fourth-order valence-corrected chi connectivity index (χ4v) is 2.94. The number of nitrogens with one attached hydrogen (secondary N) is 2. The van der Waals surface area contributed by atoms with Gasteiger partial charge in [0.2, 0.25) is 0 Å². The first-order chi connectivity index (χ1) is 14.9. The molecule has 31 heavy (non-hydrogen) atoms. The van der Waals surface area contributed by atoms with Crippen LogP contribution < -0.4 is 20.1 Å². The maximum absolute atomic E-state index is 12.9. The Hall–Kier alpha value is -3.29. The molecule has 9 heteroatoms. The first-order valence-electron chi connectivity index (χ1n) is 8.99. The largest absolute Gasteiger partial charge is 0.493 e. The number of benzene rings is 3. The molecular formula is C22H17Cl2FN2O4. The van der Waals surface area contributed by atoms with E-state index in [0.29, 0.717) is 16.4 Å². The summed E-state index contributed by atoms with van der Waals surface area (Å²) in [6, 6.07) is 14.8. The maximum Gasteiger partial charge on any atom is 0.262 e. The van der Waals surface area contributed by atoms with Crippen LogP contribution in [0.4, 0.5) is 15.8 Å². The molecule has 0 bridgehead atoms. The molecule has 0 aliphatic carbocycles. The van der Waals surface area contributed by atoms with Crippen molar-refractivity contribution in [2.24, 2.45) is 0 Å². The molecule has 0 fully saturated rings. The number of carbonyl (C=O) groups excluding carboxylic acids is 2. The van der Waals surface area contributed by atoms with Crippen LogP contribution in [0.2, 0.25) is 10.0 Å². The zero-order chi connectivity index (χ0) is 22.4. The Labute approximate surface area is 187 Å². The highest BCUT2D eigenvalue weighted by Crippen LogP contribution is 2.31. The zero-order valence-corrected chi connectivity index (χ0v) is 17.8. The van der Waals surface area contributed by atoms with Gasteiger partial charge in [-0.2, -0.15) is 0 Å². The number of ether oxygens (including phenoxy) is 2. The first kappa shape index (κ1) is 22.4. The van der Waals surface area contributed by atoms with Crippen LogP contribution in [0.5, 0.6) is 11.5 Å². The molecule has 0 aliphatic heterocycles. The van der Waals surface area contributed by atoms with Crippen LogP contribution in [0, 0.1) is 5.82 Å². The minimum atomic E-state index is -0.439. The highest BCUT2D eigenvalue weighted by molar-refractivity contribution is 6.44. The summed E-state index contributed by atoms with van der Waals surface area (Å²) in [4.78, 5) is 24.6. The summed E-state index contributed by atoms with van der Waals surface area (Å²) in [5.74, 6) is -0.733. The molecule has 0 radical (unpaired) electrons. The summed E-state index contributed by atoms with van der Waals surface area (Å²) in [5, 5.41) is 5.81. The molecule has 3 aromatic carbocycles. The van der Waals surface area contributed by atoms with Gasteiger partial charge in [-0.15, -0.1) is 0 Å². The van der Waals surface area contributed by atoms with Gasteiger partial charge < -0.3 is 20.1 Å². The van der Waals surface area contributed by atoms with Gasteiger partial charge in [0.25, 0.3) is 11.8 Å². The summed E-state index contributed by atoms with van der Waals surface area (Å²) < 4.78 is 23.7. The van der Waals surface area contributed by atoms with E-state index in [1.165, 1.54) is 49.6 Å². The van der Waals surface area contributed by atoms with Crippen LogP contribution in [0.25, 0.3) is 0 Å². The Morgan fingerprint density at radius 2 is 1.71 bits per heavy atom. The predicted molar refractivity (Wildman–Crippen MR) is 118 cm³/mol. The highest BCUT2D eigenvalue weighted by atomic mass is 35.5. The number of anilines is 2. The molecule has 0 unspecified atom stereocenters. The zero-order valence-electron chi connectivity index (χ0n) is 16.2. The van der Waals surface area contributed by atoms with Gasteiger partial charge in [-0.05, 0) is 54.6 Å². The van der Waals surface area contributed by atoms with E-state index in [2.05, 4.69) is 10.6 Å². The molecule has 0 saturated carbocycles. The number of carbonyl (C=O) groups is 2. The topological polar surface area (TPSA) is 76.7 Å². The number of hydrogen-bond acceptors (Lipinski definition) is 4. The molecule has 0 saturated heterocycles. The lowest BCUT2D eigenvalue weighted by Gasteiger charge is -2.13. The second kappa shape index (κ2) is 10.1. The van der Waals surface area contributed by atoms with Gasteiger partial charge in [-0.3, -0.25) is 9.59 Å². The molecular weight excluding hydrogens is 446 g/mol. The van der Waals surface area contributed by atoms with Crippen LogP contribution in [-0.2, 0) is 4.79 Å². The van der Waals surface area contributed by atoms with Crippen molar-refractivity contribution in [2.45, 2.75) is 0 Å². The van der Waals surface area contributed by atoms with Crippen LogP contribution >= 0.6 is 23.2 Å². The van der Waals surface area contributed by atoms with E-state index >= 15 is 0 Å². The second-order valence-corrected chi connectivity index (χ2v) is 7.05. The Kier molecular flexibility index (Phi) is 7.33. The Morgan fingerprint density at radius 3 is 2.42 bits per heavy atom. The van der Waals surface area contributed by atoms with E-state index in [4.69, 9.17) is 32.7 Å². The average Bonchev–Trinajstić information content (AvgIpc) is 2.77. The Balaban J connectivity index is 1.65. The lowest BCUT2D eigenvalue weighted by atomic mass is 10.2. The third-order valence-corrected chi connectivity index (χ3v) is 4.93. The summed E-state index contributed by atoms with van der Waals surface area (Å²) in [6.45, 7) is -0.308. The van der Waals surface area contributed by atoms with Crippen molar-refractivity contribution < 1.29 is 23.5 Å². The van der Waals surface area contributed by atoms with Gasteiger partial charge in [0.1, 0.15) is 5.82 Å². The van der Waals surface area contributed by atoms with Gasteiger partial charge in [0.15, 0.2) is 18.1 Å². The fourth-order valence-electron chi connectivity index (χ4n) is 2.60. The molecule has 2 amide bonds. The average molecular weight is 463 g/mol. The molecule has 3 aromatic rings. The van der Waals surface area contributed by atoms with E-state index in [9.17, 15) is 14.0 Å². The third-order valence-electron chi connectivity index (χ3n) is 4.11. The standard InChI is InChI=1S/C22H17Cl2FN2O4/c1-30-19-11-13(22(29)27-17-4-2-3-16(23)21(17)24)5-10-18(19)31-12-20(28)26-15-8-6-14(25)7-9-15/h2-11H,12H2,1H3,(H,26,28)(H,27,29). The van der Waals surface area contributed by atoms with Crippen molar-refractivity contribution in [3.63, 3.8) is 0 Å². The summed E-state index contributed by atoms with van der Waals surface area (Å²) in [5.41, 5.74) is 1.10. The minimum absolute atomic E-state index is 0.233. The predicted octanol–water partition coefficient (Wildman–Crippen LogP) is 5.41. The molecule has 160 valence electrons. The van der Waals surface area contributed by atoms with Gasteiger partial charge >= 0.3 is 0 Å². The highest BCUT2D eigenvalue weighted by Gasteiger charge is 2.14. The molecule has 3 rings (SSSR count). The molecule has 0 aromatic heterocycles. The van der Waals surface area contributed by atoms with Crippen molar-refractivity contribution in [2.75, 3.05) is 24.4 Å². The van der Waals surface area contributed by atoms with Crippen molar-refractivity contribution in [3.05, 3.63) is 82.1 Å². The number of halogens is 3. The summed E-state index contributed by atoms with van der Waals surface area (Å²) >= 11 is 12.1. The van der Waals surface area contributed by atoms with E-state index in [1.54, 1.807) is 18.2 Å². The fraction of sp³-hybridized carbons (Fsp3) is 0.0909.